The zero-order valence-corrected chi connectivity index (χ0v) is 10.8. The minimum atomic E-state index is -4.34. The number of hydrogen-bond acceptors (Lipinski definition) is 1. The second-order valence-electron chi connectivity index (χ2n) is 2.78. The average molecular weight is 348 g/mol. The van der Waals surface area contributed by atoms with Crippen LogP contribution in [0.2, 0.25) is 0 Å². The Bertz CT molecular complexity index is 363. The number of ether oxygens (including phenoxy) is 1. The van der Waals surface area contributed by atoms with Crippen LogP contribution < -0.4 is 4.74 Å². The predicted molar refractivity (Wildman–Crippen MR) is 58.3 cm³/mol. The lowest BCUT2D eigenvalue weighted by molar-refractivity contribution is -0.137. The van der Waals surface area contributed by atoms with Gasteiger partial charge in [-0.1, -0.05) is 15.9 Å². The van der Waals surface area contributed by atoms with Gasteiger partial charge in [-0.3, -0.25) is 0 Å². The fourth-order valence-corrected chi connectivity index (χ4v) is 2.22. The van der Waals surface area contributed by atoms with E-state index in [1.807, 2.05) is 0 Å². The van der Waals surface area contributed by atoms with E-state index in [0.29, 0.717) is 21.1 Å². The minimum Gasteiger partial charge on any atom is -0.495 e. The first-order valence-corrected chi connectivity index (χ1v) is 5.81. The van der Waals surface area contributed by atoms with Crippen molar-refractivity contribution in [3.8, 4) is 5.75 Å². The second-order valence-corrected chi connectivity index (χ2v) is 4.20. The highest BCUT2D eigenvalue weighted by Crippen LogP contribution is 2.38. The molecule has 1 aromatic rings. The van der Waals surface area contributed by atoms with Gasteiger partial charge in [-0.15, -0.1) is 0 Å². The Balaban J connectivity index is 3.32. The van der Waals surface area contributed by atoms with Crippen molar-refractivity contribution >= 4 is 31.9 Å². The van der Waals surface area contributed by atoms with Crippen molar-refractivity contribution < 1.29 is 17.9 Å². The summed E-state index contributed by atoms with van der Waals surface area (Å²) < 4.78 is 42.6. The van der Waals surface area contributed by atoms with Crippen LogP contribution >= 0.6 is 31.9 Å². The molecule has 0 atom stereocenters. The van der Waals surface area contributed by atoms with E-state index in [9.17, 15) is 13.2 Å². The Morgan fingerprint density at radius 1 is 1.33 bits per heavy atom. The number of methoxy groups -OCH3 is 1. The van der Waals surface area contributed by atoms with Gasteiger partial charge >= 0.3 is 6.18 Å². The Morgan fingerprint density at radius 2 is 1.93 bits per heavy atom. The van der Waals surface area contributed by atoms with Crippen molar-refractivity contribution in [1.29, 1.82) is 0 Å². The summed E-state index contributed by atoms with van der Waals surface area (Å²) in [6.07, 6.45) is -4.34. The molecule has 0 amide bonds. The molecule has 0 aliphatic heterocycles. The summed E-state index contributed by atoms with van der Waals surface area (Å²) in [5.74, 6) is 0.417. The molecule has 0 heterocycles. The van der Waals surface area contributed by atoms with Crippen LogP contribution in [0.4, 0.5) is 13.2 Å². The number of hydrogen-bond donors (Lipinski definition) is 0. The molecule has 1 rings (SSSR count). The van der Waals surface area contributed by atoms with Gasteiger partial charge in [-0.25, -0.2) is 0 Å². The summed E-state index contributed by atoms with van der Waals surface area (Å²) in [7, 11) is 1.42. The number of rotatable bonds is 2. The highest BCUT2D eigenvalue weighted by atomic mass is 79.9. The Hall–Kier alpha value is -0.230. The molecule has 0 aliphatic carbocycles. The van der Waals surface area contributed by atoms with E-state index in [4.69, 9.17) is 4.74 Å². The maximum absolute atomic E-state index is 12.4. The van der Waals surface area contributed by atoms with Gasteiger partial charge in [0, 0.05) is 10.9 Å². The largest absolute Gasteiger partial charge is 0.495 e. The molecule has 15 heavy (non-hydrogen) atoms. The van der Waals surface area contributed by atoms with E-state index in [0.717, 1.165) is 12.1 Å². The molecule has 1 aromatic carbocycles. The van der Waals surface area contributed by atoms with E-state index in [-0.39, 0.29) is 0 Å². The lowest BCUT2D eigenvalue weighted by atomic mass is 10.1. The standard InChI is InChI=1S/C9H7Br2F3O/c1-15-8-5(4-10)2-6(3-7(8)11)9(12,13)14/h2-3H,4H2,1H3. The quantitative estimate of drug-likeness (QED) is 0.722. The maximum atomic E-state index is 12.4. The third-order valence-corrected chi connectivity index (χ3v) is 2.99. The first-order chi connectivity index (χ1) is 6.90. The average Bonchev–Trinajstić information content (AvgIpc) is 2.15. The van der Waals surface area contributed by atoms with Crippen molar-refractivity contribution in [1.82, 2.24) is 0 Å². The van der Waals surface area contributed by atoms with Crippen molar-refractivity contribution in [2.75, 3.05) is 7.11 Å². The maximum Gasteiger partial charge on any atom is 0.416 e. The lowest BCUT2D eigenvalue weighted by Gasteiger charge is -2.13. The van der Waals surface area contributed by atoms with Gasteiger partial charge < -0.3 is 4.74 Å². The van der Waals surface area contributed by atoms with Crippen molar-refractivity contribution in [3.63, 3.8) is 0 Å². The Kier molecular flexibility index (Phi) is 4.06. The first kappa shape index (κ1) is 12.8. The van der Waals surface area contributed by atoms with Crippen LogP contribution in [0, 0.1) is 0 Å². The van der Waals surface area contributed by atoms with Crippen LogP contribution in [0.3, 0.4) is 0 Å². The molecule has 0 saturated carbocycles. The smallest absolute Gasteiger partial charge is 0.416 e. The van der Waals surface area contributed by atoms with E-state index >= 15 is 0 Å². The lowest BCUT2D eigenvalue weighted by Crippen LogP contribution is -2.06. The third kappa shape index (κ3) is 2.87. The van der Waals surface area contributed by atoms with Gasteiger partial charge in [0.05, 0.1) is 17.1 Å². The molecule has 0 aromatic heterocycles. The predicted octanol–water partition coefficient (Wildman–Crippen LogP) is 4.37. The van der Waals surface area contributed by atoms with E-state index in [1.54, 1.807) is 0 Å². The van der Waals surface area contributed by atoms with Crippen LogP contribution in [-0.4, -0.2) is 7.11 Å². The SMILES string of the molecule is COc1c(Br)cc(C(F)(F)F)cc1CBr. The molecule has 84 valence electrons. The molecule has 0 saturated heterocycles. The zero-order valence-electron chi connectivity index (χ0n) is 7.66. The fraction of sp³-hybridized carbons (Fsp3) is 0.333. The van der Waals surface area contributed by atoms with E-state index < -0.39 is 11.7 Å². The molecular formula is C9H7Br2F3O. The fourth-order valence-electron chi connectivity index (χ4n) is 1.14. The van der Waals surface area contributed by atoms with Crippen molar-refractivity contribution in [3.05, 3.63) is 27.7 Å². The van der Waals surface area contributed by atoms with Crippen LogP contribution in [0.15, 0.2) is 16.6 Å². The molecule has 6 heteroatoms. The molecular weight excluding hydrogens is 341 g/mol. The number of benzene rings is 1. The molecule has 0 spiro atoms. The molecule has 0 aliphatic rings. The van der Waals surface area contributed by atoms with Gasteiger partial charge in [-0.2, -0.15) is 13.2 Å². The van der Waals surface area contributed by atoms with E-state index in [2.05, 4.69) is 31.9 Å². The van der Waals surface area contributed by atoms with Crippen LogP contribution in [0.25, 0.3) is 0 Å². The summed E-state index contributed by atoms with van der Waals surface area (Å²) in [5.41, 5.74) is -0.233. The van der Waals surface area contributed by atoms with Gasteiger partial charge in [0.15, 0.2) is 0 Å². The van der Waals surface area contributed by atoms with E-state index in [1.165, 1.54) is 7.11 Å². The number of alkyl halides is 4. The minimum absolute atomic E-state index is 0.300. The molecule has 0 unspecified atom stereocenters. The topological polar surface area (TPSA) is 9.23 Å². The summed E-state index contributed by atoms with van der Waals surface area (Å²) >= 11 is 6.16. The Morgan fingerprint density at radius 3 is 2.33 bits per heavy atom. The number of halogens is 5. The third-order valence-electron chi connectivity index (χ3n) is 1.80. The van der Waals surface area contributed by atoms with Crippen LogP contribution in [-0.2, 0) is 11.5 Å². The second kappa shape index (κ2) is 4.74. The summed E-state index contributed by atoms with van der Waals surface area (Å²) in [6, 6.07) is 2.07. The highest BCUT2D eigenvalue weighted by Gasteiger charge is 2.32. The van der Waals surface area contributed by atoms with Gasteiger partial charge in [0.1, 0.15) is 5.75 Å². The summed E-state index contributed by atoms with van der Waals surface area (Å²) in [5, 5.41) is 0.304. The zero-order chi connectivity index (χ0) is 11.6. The highest BCUT2D eigenvalue weighted by molar-refractivity contribution is 9.10. The first-order valence-electron chi connectivity index (χ1n) is 3.89. The Labute approximate surface area is 102 Å². The van der Waals surface area contributed by atoms with Gasteiger partial charge in [0.2, 0.25) is 0 Å². The molecule has 0 radical (unpaired) electrons. The van der Waals surface area contributed by atoms with Crippen LogP contribution in [0.1, 0.15) is 11.1 Å². The molecule has 0 fully saturated rings. The molecule has 0 bridgehead atoms. The van der Waals surface area contributed by atoms with Gasteiger partial charge in [0.25, 0.3) is 0 Å². The summed E-state index contributed by atoms with van der Waals surface area (Å²) in [6.45, 7) is 0. The normalized spacial score (nSPS) is 11.6. The summed E-state index contributed by atoms with van der Waals surface area (Å²) in [4.78, 5) is 0. The van der Waals surface area contributed by atoms with Crippen LogP contribution in [0.5, 0.6) is 5.75 Å². The molecule has 1 nitrogen and oxygen atoms in total. The van der Waals surface area contributed by atoms with Gasteiger partial charge in [-0.05, 0) is 28.1 Å². The van der Waals surface area contributed by atoms with Crippen molar-refractivity contribution in [2.24, 2.45) is 0 Å². The van der Waals surface area contributed by atoms with Crippen molar-refractivity contribution in [2.45, 2.75) is 11.5 Å². The molecule has 0 N–H and O–H groups in total. The monoisotopic (exact) mass is 346 g/mol.